The predicted octanol–water partition coefficient (Wildman–Crippen LogP) is 0.986. The molecular formula is C10H17NO3S. The molecule has 2 saturated heterocycles. The van der Waals surface area contributed by atoms with Crippen LogP contribution < -0.4 is 0 Å². The predicted molar refractivity (Wildman–Crippen MR) is 58.1 cm³/mol. The molecule has 0 bridgehead atoms. The summed E-state index contributed by atoms with van der Waals surface area (Å²) in [7, 11) is -0.636. The molecule has 5 heteroatoms. The lowest BCUT2D eigenvalue weighted by Gasteiger charge is -2.54. The van der Waals surface area contributed by atoms with E-state index in [0.717, 1.165) is 11.5 Å². The van der Waals surface area contributed by atoms with Crippen molar-refractivity contribution in [3.63, 3.8) is 0 Å². The fourth-order valence-electron chi connectivity index (χ4n) is 2.04. The molecule has 2 aliphatic rings. The van der Waals surface area contributed by atoms with Crippen LogP contribution in [0, 0.1) is 5.41 Å². The summed E-state index contributed by atoms with van der Waals surface area (Å²) in [6.07, 6.45) is -0.245. The lowest BCUT2D eigenvalue weighted by atomic mass is 9.83. The van der Waals surface area contributed by atoms with Crippen LogP contribution in [0.15, 0.2) is 0 Å². The van der Waals surface area contributed by atoms with Gasteiger partial charge in [-0.05, 0) is 20.8 Å². The van der Waals surface area contributed by atoms with Gasteiger partial charge in [0.15, 0.2) is 0 Å². The lowest BCUT2D eigenvalue weighted by Crippen LogP contribution is -2.68. The van der Waals surface area contributed by atoms with E-state index in [2.05, 4.69) is 0 Å². The smallest absolute Gasteiger partial charge is 0.410 e. The second-order valence-electron chi connectivity index (χ2n) is 5.56. The van der Waals surface area contributed by atoms with Gasteiger partial charge in [-0.3, -0.25) is 4.21 Å². The average Bonchev–Trinajstić information content (AvgIpc) is 1.89. The number of rotatable bonds is 0. The molecule has 1 amide bonds. The Morgan fingerprint density at radius 2 is 1.87 bits per heavy atom. The molecule has 0 N–H and O–H groups in total. The van der Waals surface area contributed by atoms with Crippen LogP contribution in [-0.2, 0) is 15.5 Å². The molecule has 4 nitrogen and oxygen atoms in total. The van der Waals surface area contributed by atoms with Gasteiger partial charge in [-0.2, -0.15) is 0 Å². The van der Waals surface area contributed by atoms with Crippen LogP contribution in [0.5, 0.6) is 0 Å². The zero-order valence-corrected chi connectivity index (χ0v) is 10.2. The van der Waals surface area contributed by atoms with E-state index in [1.165, 1.54) is 0 Å². The number of amides is 1. The van der Waals surface area contributed by atoms with Gasteiger partial charge in [0.05, 0.1) is 0 Å². The van der Waals surface area contributed by atoms with Crippen molar-refractivity contribution in [1.82, 2.24) is 4.90 Å². The number of likely N-dealkylation sites (tertiary alicyclic amines) is 1. The molecule has 15 heavy (non-hydrogen) atoms. The van der Waals surface area contributed by atoms with Gasteiger partial charge in [-0.1, -0.05) is 0 Å². The van der Waals surface area contributed by atoms with Gasteiger partial charge in [-0.15, -0.1) is 0 Å². The fraction of sp³-hybridized carbons (Fsp3) is 0.900. The molecule has 86 valence electrons. The Balaban J connectivity index is 1.80. The van der Waals surface area contributed by atoms with E-state index >= 15 is 0 Å². The Morgan fingerprint density at radius 1 is 1.33 bits per heavy atom. The first-order valence-corrected chi connectivity index (χ1v) is 6.61. The molecule has 2 aliphatic heterocycles. The van der Waals surface area contributed by atoms with Gasteiger partial charge in [0.1, 0.15) is 5.60 Å². The summed E-state index contributed by atoms with van der Waals surface area (Å²) in [5, 5.41) is 0. The number of hydrogen-bond donors (Lipinski definition) is 0. The Morgan fingerprint density at radius 3 is 2.27 bits per heavy atom. The Bertz CT molecular complexity index is 305. The van der Waals surface area contributed by atoms with E-state index in [1.807, 2.05) is 20.8 Å². The number of ether oxygens (including phenoxy) is 1. The summed E-state index contributed by atoms with van der Waals surface area (Å²) in [6.45, 7) is 7.01. The van der Waals surface area contributed by atoms with Crippen molar-refractivity contribution >= 4 is 16.9 Å². The molecule has 1 spiro atoms. The Hall–Kier alpha value is -0.580. The number of carbonyl (C=O) groups excluding carboxylic acids is 1. The van der Waals surface area contributed by atoms with Crippen LogP contribution in [0.4, 0.5) is 4.79 Å². The van der Waals surface area contributed by atoms with Gasteiger partial charge >= 0.3 is 6.09 Å². The normalized spacial score (nSPS) is 24.6. The average molecular weight is 231 g/mol. The molecule has 0 atom stereocenters. The number of hydrogen-bond acceptors (Lipinski definition) is 3. The van der Waals surface area contributed by atoms with Crippen molar-refractivity contribution in [2.45, 2.75) is 26.4 Å². The molecule has 0 radical (unpaired) electrons. The second-order valence-corrected chi connectivity index (χ2v) is 7.02. The van der Waals surface area contributed by atoms with Gasteiger partial charge in [0.2, 0.25) is 0 Å². The summed E-state index contributed by atoms with van der Waals surface area (Å²) in [5.74, 6) is 1.51. The first-order chi connectivity index (χ1) is 6.80. The molecule has 0 aliphatic carbocycles. The Labute approximate surface area is 92.4 Å². The second kappa shape index (κ2) is 3.20. The molecule has 0 saturated carbocycles. The standard InChI is InChI=1S/C10H17NO3S/c1-9(2,3)14-8(12)11-4-10(5-11)6-15(13)7-10/h4-7H2,1-3H3. The van der Waals surface area contributed by atoms with Crippen molar-refractivity contribution in [3.05, 3.63) is 0 Å². The van der Waals surface area contributed by atoms with Crippen molar-refractivity contribution in [2.75, 3.05) is 24.6 Å². The number of carbonyl (C=O) groups is 1. The largest absolute Gasteiger partial charge is 0.444 e. The molecule has 2 rings (SSSR count). The van der Waals surface area contributed by atoms with Crippen molar-refractivity contribution in [2.24, 2.45) is 5.41 Å². The maximum absolute atomic E-state index is 11.6. The van der Waals surface area contributed by atoms with E-state index in [1.54, 1.807) is 4.90 Å². The molecular weight excluding hydrogens is 214 g/mol. The van der Waals surface area contributed by atoms with Crippen LogP contribution in [0.1, 0.15) is 20.8 Å². The molecule has 0 aromatic heterocycles. The molecule has 2 heterocycles. The zero-order valence-electron chi connectivity index (χ0n) is 9.41. The third-order valence-electron chi connectivity index (χ3n) is 2.64. The lowest BCUT2D eigenvalue weighted by molar-refractivity contribution is -0.0231. The maximum atomic E-state index is 11.6. The third-order valence-corrected chi connectivity index (χ3v) is 4.51. The molecule has 2 fully saturated rings. The van der Waals surface area contributed by atoms with Crippen LogP contribution >= 0.6 is 0 Å². The van der Waals surface area contributed by atoms with Crippen LogP contribution in [0.25, 0.3) is 0 Å². The summed E-state index contributed by atoms with van der Waals surface area (Å²) in [5.41, 5.74) is -0.260. The highest BCUT2D eigenvalue weighted by atomic mass is 32.2. The minimum absolute atomic E-state index is 0.168. The summed E-state index contributed by atoms with van der Waals surface area (Å²) in [4.78, 5) is 13.3. The topological polar surface area (TPSA) is 46.6 Å². The highest BCUT2D eigenvalue weighted by Gasteiger charge is 2.53. The van der Waals surface area contributed by atoms with E-state index < -0.39 is 16.4 Å². The van der Waals surface area contributed by atoms with Gasteiger partial charge in [-0.25, -0.2) is 4.79 Å². The van der Waals surface area contributed by atoms with Crippen molar-refractivity contribution in [1.29, 1.82) is 0 Å². The highest BCUT2D eigenvalue weighted by Crippen LogP contribution is 2.39. The zero-order chi connectivity index (χ0) is 11.3. The van der Waals surface area contributed by atoms with E-state index in [9.17, 15) is 9.00 Å². The Kier molecular flexibility index (Phi) is 2.33. The summed E-state index contributed by atoms with van der Waals surface area (Å²) in [6, 6.07) is 0. The van der Waals surface area contributed by atoms with E-state index in [-0.39, 0.29) is 11.5 Å². The van der Waals surface area contributed by atoms with Crippen LogP contribution in [0.2, 0.25) is 0 Å². The minimum atomic E-state index is -0.636. The molecule has 0 unspecified atom stereocenters. The SMILES string of the molecule is CC(C)(C)OC(=O)N1CC2(C1)CS(=O)C2. The minimum Gasteiger partial charge on any atom is -0.444 e. The maximum Gasteiger partial charge on any atom is 0.410 e. The van der Waals surface area contributed by atoms with E-state index in [4.69, 9.17) is 4.74 Å². The summed E-state index contributed by atoms with van der Waals surface area (Å²) < 4.78 is 16.2. The van der Waals surface area contributed by atoms with Gasteiger partial charge in [0.25, 0.3) is 0 Å². The van der Waals surface area contributed by atoms with Gasteiger partial charge < -0.3 is 9.64 Å². The van der Waals surface area contributed by atoms with Crippen LogP contribution in [-0.4, -0.2) is 45.4 Å². The van der Waals surface area contributed by atoms with E-state index in [0.29, 0.717) is 13.1 Å². The molecule has 0 aromatic carbocycles. The first kappa shape index (κ1) is 10.9. The van der Waals surface area contributed by atoms with Crippen LogP contribution in [0.3, 0.4) is 0 Å². The first-order valence-electron chi connectivity index (χ1n) is 5.13. The number of nitrogens with zero attached hydrogens (tertiary/aromatic N) is 1. The van der Waals surface area contributed by atoms with Crippen molar-refractivity contribution in [3.8, 4) is 0 Å². The highest BCUT2D eigenvalue weighted by molar-refractivity contribution is 7.86. The monoisotopic (exact) mass is 231 g/mol. The quantitative estimate of drug-likeness (QED) is 0.624. The van der Waals surface area contributed by atoms with Crippen molar-refractivity contribution < 1.29 is 13.7 Å². The van der Waals surface area contributed by atoms with Gasteiger partial charge in [0, 0.05) is 40.8 Å². The third kappa shape index (κ3) is 2.17. The fourth-order valence-corrected chi connectivity index (χ4v) is 3.69. The summed E-state index contributed by atoms with van der Waals surface area (Å²) >= 11 is 0. The molecule has 0 aromatic rings.